The Balaban J connectivity index is 1.48. The molecule has 1 N–H and O–H groups in total. The topological polar surface area (TPSA) is 73.7 Å². The maximum atomic E-state index is 12.9. The molecule has 2 aliphatic heterocycles. The minimum atomic E-state index is -0.0359. The van der Waals surface area contributed by atoms with Crippen molar-refractivity contribution in [1.29, 1.82) is 0 Å². The summed E-state index contributed by atoms with van der Waals surface area (Å²) in [6.45, 7) is 2.69. The number of hydrogen-bond donors (Lipinski definition) is 1. The summed E-state index contributed by atoms with van der Waals surface area (Å²) in [5.74, 6) is 0.338. The van der Waals surface area contributed by atoms with Crippen molar-refractivity contribution in [2.24, 2.45) is 5.41 Å². The van der Waals surface area contributed by atoms with Crippen molar-refractivity contribution in [2.45, 2.75) is 32.2 Å². The van der Waals surface area contributed by atoms with Crippen molar-refractivity contribution in [3.8, 4) is 5.75 Å². The highest BCUT2D eigenvalue weighted by molar-refractivity contribution is 5.94. The zero-order valence-corrected chi connectivity index (χ0v) is 15.9. The molecular formula is C22H25N3O3. The molecule has 2 fully saturated rings. The number of piperidine rings is 2. The highest BCUT2D eigenvalue weighted by Gasteiger charge is 2.42. The molecular weight excluding hydrogens is 354 g/mol. The SMILES string of the molecule is O=C1CC[C@@]2(CCCN(C(=O)c3ccc(O)cc3)C2)CN1Cc1ccncc1. The second-order valence-electron chi connectivity index (χ2n) is 7.98. The number of carbonyl (C=O) groups is 2. The minimum absolute atomic E-state index is 0.00309. The summed E-state index contributed by atoms with van der Waals surface area (Å²) in [7, 11) is 0. The van der Waals surface area contributed by atoms with E-state index in [0.29, 0.717) is 31.6 Å². The average molecular weight is 379 g/mol. The number of nitrogens with zero attached hydrogens (tertiary/aromatic N) is 3. The second-order valence-corrected chi connectivity index (χ2v) is 7.98. The molecule has 1 atom stereocenters. The van der Waals surface area contributed by atoms with Gasteiger partial charge in [-0.1, -0.05) is 0 Å². The number of likely N-dealkylation sites (tertiary alicyclic amines) is 2. The summed E-state index contributed by atoms with van der Waals surface area (Å²) in [5, 5.41) is 9.46. The minimum Gasteiger partial charge on any atom is -0.508 e. The van der Waals surface area contributed by atoms with Gasteiger partial charge in [0.15, 0.2) is 0 Å². The van der Waals surface area contributed by atoms with Crippen LogP contribution >= 0.6 is 0 Å². The molecule has 0 unspecified atom stereocenters. The summed E-state index contributed by atoms with van der Waals surface area (Å²) in [5.41, 5.74) is 1.63. The molecule has 3 heterocycles. The Morgan fingerprint density at radius 1 is 1.07 bits per heavy atom. The van der Waals surface area contributed by atoms with E-state index in [1.54, 1.807) is 36.7 Å². The van der Waals surface area contributed by atoms with Gasteiger partial charge in [-0.2, -0.15) is 0 Å². The van der Waals surface area contributed by atoms with E-state index in [9.17, 15) is 14.7 Å². The van der Waals surface area contributed by atoms with Crippen LogP contribution in [0.25, 0.3) is 0 Å². The smallest absolute Gasteiger partial charge is 0.253 e. The number of hydrogen-bond acceptors (Lipinski definition) is 4. The van der Waals surface area contributed by atoms with Crippen molar-refractivity contribution in [3.63, 3.8) is 0 Å². The molecule has 6 nitrogen and oxygen atoms in total. The molecule has 1 aromatic heterocycles. The van der Waals surface area contributed by atoms with Crippen LogP contribution in [0.15, 0.2) is 48.8 Å². The van der Waals surface area contributed by atoms with Crippen LogP contribution in [0.2, 0.25) is 0 Å². The Kier molecular flexibility index (Phi) is 5.03. The molecule has 2 amide bonds. The van der Waals surface area contributed by atoms with E-state index < -0.39 is 0 Å². The van der Waals surface area contributed by atoms with Gasteiger partial charge in [-0.15, -0.1) is 0 Å². The predicted molar refractivity (Wildman–Crippen MR) is 105 cm³/mol. The third-order valence-corrected chi connectivity index (χ3v) is 5.93. The Hall–Kier alpha value is -2.89. The Morgan fingerprint density at radius 3 is 2.57 bits per heavy atom. The summed E-state index contributed by atoms with van der Waals surface area (Å²) in [6.07, 6.45) is 6.84. The first-order chi connectivity index (χ1) is 13.5. The number of rotatable bonds is 3. The standard InChI is InChI=1S/C22H25N3O3/c26-19-4-2-18(3-5-19)21(28)24-13-1-9-22(15-24)10-6-20(27)25(16-22)14-17-7-11-23-12-8-17/h2-5,7-8,11-12,26H,1,6,9-10,13-16H2/t22-/m1/s1. The average Bonchev–Trinajstić information content (AvgIpc) is 2.72. The first-order valence-electron chi connectivity index (χ1n) is 9.80. The van der Waals surface area contributed by atoms with Gasteiger partial charge in [-0.05, 0) is 61.2 Å². The summed E-state index contributed by atoms with van der Waals surface area (Å²) < 4.78 is 0. The molecule has 0 saturated carbocycles. The van der Waals surface area contributed by atoms with Gasteiger partial charge in [0.1, 0.15) is 5.75 Å². The molecule has 146 valence electrons. The molecule has 2 saturated heterocycles. The first-order valence-corrected chi connectivity index (χ1v) is 9.80. The van der Waals surface area contributed by atoms with Crippen LogP contribution in [-0.2, 0) is 11.3 Å². The van der Waals surface area contributed by atoms with Crippen LogP contribution in [0.4, 0.5) is 0 Å². The zero-order valence-electron chi connectivity index (χ0n) is 15.9. The predicted octanol–water partition coefficient (Wildman–Crippen LogP) is 2.83. The lowest BCUT2D eigenvalue weighted by molar-refractivity contribution is -0.139. The lowest BCUT2D eigenvalue weighted by Gasteiger charge is -2.48. The third-order valence-electron chi connectivity index (χ3n) is 5.93. The fourth-order valence-electron chi connectivity index (χ4n) is 4.46. The normalized spacial score (nSPS) is 22.5. The van der Waals surface area contributed by atoms with Crippen LogP contribution in [-0.4, -0.2) is 51.3 Å². The van der Waals surface area contributed by atoms with Gasteiger partial charge in [0.2, 0.25) is 5.91 Å². The number of aromatic nitrogens is 1. The summed E-state index contributed by atoms with van der Waals surface area (Å²) in [4.78, 5) is 33.3. The van der Waals surface area contributed by atoms with Gasteiger partial charge in [0, 0.05) is 56.0 Å². The number of phenolic OH excluding ortho intramolecular Hbond substituents is 1. The van der Waals surface area contributed by atoms with Crippen molar-refractivity contribution < 1.29 is 14.7 Å². The molecule has 0 aliphatic carbocycles. The van der Waals surface area contributed by atoms with Crippen LogP contribution in [0.3, 0.4) is 0 Å². The van der Waals surface area contributed by atoms with Crippen molar-refractivity contribution >= 4 is 11.8 Å². The Bertz CT molecular complexity index is 853. The molecule has 2 aromatic rings. The molecule has 28 heavy (non-hydrogen) atoms. The molecule has 6 heteroatoms. The highest BCUT2D eigenvalue weighted by atomic mass is 16.3. The fourth-order valence-corrected chi connectivity index (χ4v) is 4.46. The largest absolute Gasteiger partial charge is 0.508 e. The quantitative estimate of drug-likeness (QED) is 0.890. The van der Waals surface area contributed by atoms with E-state index in [4.69, 9.17) is 0 Å². The van der Waals surface area contributed by atoms with E-state index in [0.717, 1.165) is 31.4 Å². The van der Waals surface area contributed by atoms with Gasteiger partial charge >= 0.3 is 0 Å². The van der Waals surface area contributed by atoms with Gasteiger partial charge in [-0.25, -0.2) is 0 Å². The number of phenols is 1. The van der Waals surface area contributed by atoms with Crippen LogP contribution in [0.1, 0.15) is 41.6 Å². The molecule has 2 aliphatic rings. The maximum absolute atomic E-state index is 12.9. The zero-order chi connectivity index (χ0) is 19.6. The van der Waals surface area contributed by atoms with Crippen molar-refractivity contribution in [2.75, 3.05) is 19.6 Å². The van der Waals surface area contributed by atoms with Gasteiger partial charge in [0.25, 0.3) is 5.91 Å². The van der Waals surface area contributed by atoms with Gasteiger partial charge < -0.3 is 14.9 Å². The third kappa shape index (κ3) is 3.86. The van der Waals surface area contributed by atoms with Gasteiger partial charge in [-0.3, -0.25) is 14.6 Å². The highest BCUT2D eigenvalue weighted by Crippen LogP contribution is 2.39. The van der Waals surface area contributed by atoms with Crippen LogP contribution in [0.5, 0.6) is 5.75 Å². The van der Waals surface area contributed by atoms with E-state index in [2.05, 4.69) is 4.98 Å². The monoisotopic (exact) mass is 379 g/mol. The molecule has 4 rings (SSSR count). The summed E-state index contributed by atoms with van der Waals surface area (Å²) in [6, 6.07) is 10.3. The van der Waals surface area contributed by atoms with E-state index in [1.807, 2.05) is 21.9 Å². The molecule has 0 bridgehead atoms. The van der Waals surface area contributed by atoms with Crippen LogP contribution < -0.4 is 0 Å². The van der Waals surface area contributed by atoms with E-state index in [1.165, 1.54) is 0 Å². The molecule has 1 spiro atoms. The lowest BCUT2D eigenvalue weighted by Crippen LogP contribution is -2.54. The van der Waals surface area contributed by atoms with Crippen molar-refractivity contribution in [1.82, 2.24) is 14.8 Å². The number of amides is 2. The number of pyridine rings is 1. The number of carbonyl (C=O) groups excluding carboxylic acids is 2. The van der Waals surface area contributed by atoms with Crippen LogP contribution in [0, 0.1) is 5.41 Å². The first kappa shape index (κ1) is 18.5. The lowest BCUT2D eigenvalue weighted by atomic mass is 9.73. The fraction of sp³-hybridized carbons (Fsp3) is 0.409. The van der Waals surface area contributed by atoms with E-state index in [-0.39, 0.29) is 23.0 Å². The number of aromatic hydroxyl groups is 1. The summed E-state index contributed by atoms with van der Waals surface area (Å²) >= 11 is 0. The number of benzene rings is 1. The second kappa shape index (κ2) is 7.62. The van der Waals surface area contributed by atoms with Crippen molar-refractivity contribution in [3.05, 3.63) is 59.9 Å². The Labute approximate surface area is 164 Å². The van der Waals surface area contributed by atoms with E-state index >= 15 is 0 Å². The Morgan fingerprint density at radius 2 is 1.82 bits per heavy atom. The maximum Gasteiger partial charge on any atom is 0.253 e. The molecule has 1 aromatic carbocycles. The molecule has 0 radical (unpaired) electrons. The van der Waals surface area contributed by atoms with Gasteiger partial charge in [0.05, 0.1) is 0 Å².